The fourth-order valence-corrected chi connectivity index (χ4v) is 3.24. The first-order valence-electron chi connectivity index (χ1n) is 7.02. The Morgan fingerprint density at radius 2 is 2.10 bits per heavy atom. The van der Waals surface area contributed by atoms with E-state index >= 15 is 0 Å². The molecule has 1 heterocycles. The second-order valence-electron chi connectivity index (χ2n) is 6.05. The van der Waals surface area contributed by atoms with Crippen LogP contribution in [0.3, 0.4) is 0 Å². The molecular weight excluding hydrogens is 257 g/mol. The Balaban J connectivity index is 2.07. The topological polar surface area (TPSA) is 53.1 Å². The summed E-state index contributed by atoms with van der Waals surface area (Å²) < 4.78 is 20.8. The maximum absolute atomic E-state index is 13.7. The molecule has 1 aliphatic carbocycles. The highest BCUT2D eigenvalue weighted by Gasteiger charge is 2.30. The van der Waals surface area contributed by atoms with E-state index in [1.807, 2.05) is 4.57 Å². The number of nitrogen functional groups attached to an aromatic ring is 1. The van der Waals surface area contributed by atoms with Crippen molar-refractivity contribution in [2.24, 2.45) is 5.41 Å². The van der Waals surface area contributed by atoms with Gasteiger partial charge in [-0.3, -0.25) is 0 Å². The smallest absolute Gasteiger partial charge is 0.201 e. The fraction of sp³-hybridized carbons (Fsp3) is 0.533. The molecule has 1 aromatic heterocycles. The number of anilines is 1. The van der Waals surface area contributed by atoms with Crippen LogP contribution in [0.5, 0.6) is 5.75 Å². The van der Waals surface area contributed by atoms with E-state index in [1.165, 1.54) is 38.9 Å². The van der Waals surface area contributed by atoms with Crippen LogP contribution >= 0.6 is 0 Å². The van der Waals surface area contributed by atoms with Gasteiger partial charge >= 0.3 is 0 Å². The van der Waals surface area contributed by atoms with Gasteiger partial charge in [0.2, 0.25) is 5.95 Å². The van der Waals surface area contributed by atoms with Gasteiger partial charge in [0.15, 0.2) is 11.6 Å². The molecule has 4 nitrogen and oxygen atoms in total. The summed E-state index contributed by atoms with van der Waals surface area (Å²) in [5, 5.41) is 0. The molecule has 0 spiro atoms. The van der Waals surface area contributed by atoms with E-state index in [-0.39, 0.29) is 11.2 Å². The van der Waals surface area contributed by atoms with Gasteiger partial charge in [-0.15, -0.1) is 0 Å². The maximum Gasteiger partial charge on any atom is 0.201 e. The van der Waals surface area contributed by atoms with Crippen LogP contribution < -0.4 is 10.5 Å². The van der Waals surface area contributed by atoms with Crippen LogP contribution in [0.1, 0.15) is 32.6 Å². The molecule has 0 bridgehead atoms. The molecule has 0 unspecified atom stereocenters. The van der Waals surface area contributed by atoms with Crippen molar-refractivity contribution in [1.82, 2.24) is 9.55 Å². The zero-order chi connectivity index (χ0) is 14.3. The number of rotatable bonds is 3. The highest BCUT2D eigenvalue weighted by Crippen LogP contribution is 2.40. The number of methoxy groups -OCH3 is 1. The van der Waals surface area contributed by atoms with Crippen LogP contribution in [-0.4, -0.2) is 16.7 Å². The molecule has 0 saturated heterocycles. The number of imidazole rings is 1. The molecular formula is C15H20FN3O. The molecule has 1 fully saturated rings. The number of nitrogens with two attached hydrogens (primary N) is 1. The van der Waals surface area contributed by atoms with E-state index < -0.39 is 5.82 Å². The van der Waals surface area contributed by atoms with Crippen molar-refractivity contribution in [1.29, 1.82) is 0 Å². The van der Waals surface area contributed by atoms with Crippen LogP contribution in [0.15, 0.2) is 12.1 Å². The number of halogens is 1. The summed E-state index contributed by atoms with van der Waals surface area (Å²) in [6.45, 7) is 3.11. The minimum atomic E-state index is -0.406. The van der Waals surface area contributed by atoms with Crippen LogP contribution in [0, 0.1) is 11.2 Å². The molecule has 2 aromatic rings. The van der Waals surface area contributed by atoms with Gasteiger partial charge in [-0.2, -0.15) is 0 Å². The molecule has 1 saturated carbocycles. The first-order valence-corrected chi connectivity index (χ1v) is 7.02. The van der Waals surface area contributed by atoms with E-state index in [4.69, 9.17) is 10.5 Å². The lowest BCUT2D eigenvalue weighted by atomic mass is 9.89. The Labute approximate surface area is 117 Å². The predicted octanol–water partition coefficient (Wildman–Crippen LogP) is 3.35. The first kappa shape index (κ1) is 13.2. The number of fused-ring (bicyclic) bond motifs is 1. The summed E-state index contributed by atoms with van der Waals surface area (Å²) in [6.07, 6.45) is 4.93. The highest BCUT2D eigenvalue weighted by molar-refractivity contribution is 5.80. The summed E-state index contributed by atoms with van der Waals surface area (Å²) in [5.41, 5.74) is 7.70. The Morgan fingerprint density at radius 1 is 1.40 bits per heavy atom. The van der Waals surface area contributed by atoms with Crippen molar-refractivity contribution < 1.29 is 9.13 Å². The van der Waals surface area contributed by atoms with E-state index in [9.17, 15) is 4.39 Å². The van der Waals surface area contributed by atoms with Crippen LogP contribution in [0.2, 0.25) is 0 Å². The van der Waals surface area contributed by atoms with Crippen LogP contribution in [0.4, 0.5) is 10.3 Å². The quantitative estimate of drug-likeness (QED) is 0.936. The molecule has 0 radical (unpaired) electrons. The van der Waals surface area contributed by atoms with Gasteiger partial charge in [-0.1, -0.05) is 19.8 Å². The second-order valence-corrected chi connectivity index (χ2v) is 6.05. The molecule has 1 aliphatic rings. The minimum absolute atomic E-state index is 0.232. The molecule has 3 rings (SSSR count). The van der Waals surface area contributed by atoms with Crippen molar-refractivity contribution in [3.05, 3.63) is 17.9 Å². The van der Waals surface area contributed by atoms with Crippen molar-refractivity contribution in [2.45, 2.75) is 39.2 Å². The predicted molar refractivity (Wildman–Crippen MR) is 77.2 cm³/mol. The molecule has 20 heavy (non-hydrogen) atoms. The monoisotopic (exact) mass is 277 g/mol. The van der Waals surface area contributed by atoms with E-state index in [0.717, 1.165) is 12.1 Å². The normalized spacial score (nSPS) is 17.8. The average Bonchev–Trinajstić information content (AvgIpc) is 2.94. The molecule has 5 heteroatoms. The maximum atomic E-state index is 13.7. The van der Waals surface area contributed by atoms with E-state index in [2.05, 4.69) is 11.9 Å². The number of ether oxygens (including phenoxy) is 1. The molecule has 2 N–H and O–H groups in total. The van der Waals surface area contributed by atoms with Gasteiger partial charge in [-0.05, 0) is 18.3 Å². The third-order valence-electron chi connectivity index (χ3n) is 4.40. The minimum Gasteiger partial charge on any atom is -0.494 e. The summed E-state index contributed by atoms with van der Waals surface area (Å²) in [6, 6.07) is 3.07. The van der Waals surface area contributed by atoms with E-state index in [0.29, 0.717) is 11.5 Å². The molecule has 0 amide bonds. The number of benzene rings is 1. The van der Waals surface area contributed by atoms with Crippen molar-refractivity contribution in [3.63, 3.8) is 0 Å². The van der Waals surface area contributed by atoms with Gasteiger partial charge in [0, 0.05) is 18.7 Å². The number of aromatic nitrogens is 2. The van der Waals surface area contributed by atoms with Gasteiger partial charge in [0.25, 0.3) is 0 Å². The summed E-state index contributed by atoms with van der Waals surface area (Å²) in [7, 11) is 1.46. The highest BCUT2D eigenvalue weighted by atomic mass is 19.1. The third-order valence-corrected chi connectivity index (χ3v) is 4.40. The Kier molecular flexibility index (Phi) is 3.07. The zero-order valence-electron chi connectivity index (χ0n) is 11.9. The number of hydrogen-bond donors (Lipinski definition) is 1. The standard InChI is InChI=1S/C15H20FN3O/c1-15(5-3-4-6-15)9-19-12-8-13(20-2)10(16)7-11(12)18-14(19)17/h7-8H,3-6,9H2,1-2H3,(H2,17,18). The Hall–Kier alpha value is -1.78. The van der Waals surface area contributed by atoms with Crippen molar-refractivity contribution >= 4 is 17.0 Å². The third kappa shape index (κ3) is 2.11. The lowest BCUT2D eigenvalue weighted by molar-refractivity contribution is 0.287. The van der Waals surface area contributed by atoms with Crippen molar-refractivity contribution in [3.8, 4) is 5.75 Å². The van der Waals surface area contributed by atoms with E-state index in [1.54, 1.807) is 6.07 Å². The molecule has 1 aromatic carbocycles. The molecule has 108 valence electrons. The number of nitrogens with zero attached hydrogens (tertiary/aromatic N) is 2. The lowest BCUT2D eigenvalue weighted by Crippen LogP contribution is -2.20. The summed E-state index contributed by atoms with van der Waals surface area (Å²) in [4.78, 5) is 4.27. The van der Waals surface area contributed by atoms with Crippen LogP contribution in [0.25, 0.3) is 11.0 Å². The zero-order valence-corrected chi connectivity index (χ0v) is 11.9. The van der Waals surface area contributed by atoms with Gasteiger partial charge in [0.1, 0.15) is 0 Å². The van der Waals surface area contributed by atoms with Crippen LogP contribution in [-0.2, 0) is 6.54 Å². The van der Waals surface area contributed by atoms with Gasteiger partial charge < -0.3 is 15.0 Å². The second kappa shape index (κ2) is 4.65. The van der Waals surface area contributed by atoms with Gasteiger partial charge in [0.05, 0.1) is 18.1 Å². The Bertz CT molecular complexity index is 644. The largest absolute Gasteiger partial charge is 0.494 e. The number of hydrogen-bond acceptors (Lipinski definition) is 3. The molecule has 0 atom stereocenters. The summed E-state index contributed by atoms with van der Waals surface area (Å²) >= 11 is 0. The summed E-state index contributed by atoms with van der Waals surface area (Å²) in [5.74, 6) is 0.271. The fourth-order valence-electron chi connectivity index (χ4n) is 3.24. The van der Waals surface area contributed by atoms with Crippen molar-refractivity contribution in [2.75, 3.05) is 12.8 Å². The lowest BCUT2D eigenvalue weighted by Gasteiger charge is -2.24. The molecule has 0 aliphatic heterocycles. The first-order chi connectivity index (χ1) is 9.52. The average molecular weight is 277 g/mol. The Morgan fingerprint density at radius 3 is 2.75 bits per heavy atom. The SMILES string of the molecule is COc1cc2c(cc1F)nc(N)n2CC1(C)CCCC1. The van der Waals surface area contributed by atoms with Gasteiger partial charge in [-0.25, -0.2) is 9.37 Å².